The third-order valence-electron chi connectivity index (χ3n) is 5.64. The first-order chi connectivity index (χ1) is 17.0. The van der Waals surface area contributed by atoms with Crippen LogP contribution in [-0.4, -0.2) is 42.9 Å². The van der Waals surface area contributed by atoms with Crippen molar-refractivity contribution in [3.63, 3.8) is 0 Å². The molecule has 0 spiro atoms. The number of carbonyl (C=O) groups excluding carboxylic acids is 1. The highest BCUT2D eigenvalue weighted by atomic mass is 19.1. The number of hydrogen-bond acceptors (Lipinski definition) is 5. The van der Waals surface area contributed by atoms with Crippen molar-refractivity contribution in [2.45, 2.75) is 25.7 Å². The number of carbonyl (C=O) groups is 1. The van der Waals surface area contributed by atoms with Crippen molar-refractivity contribution in [2.75, 3.05) is 20.3 Å². The minimum atomic E-state index is -0.716. The SMILES string of the molecule is COc1ccccc1C1=NO[C@H](CN(Cc2ccc(F)cc2F)C(=O)COCc2ccccc2)C1. The molecule has 35 heavy (non-hydrogen) atoms. The largest absolute Gasteiger partial charge is 0.496 e. The number of halogens is 2. The van der Waals surface area contributed by atoms with Gasteiger partial charge < -0.3 is 19.2 Å². The first-order valence-corrected chi connectivity index (χ1v) is 11.2. The third-order valence-corrected chi connectivity index (χ3v) is 5.64. The fraction of sp³-hybridized carbons (Fsp3) is 0.259. The summed E-state index contributed by atoms with van der Waals surface area (Å²) in [6, 6.07) is 20.3. The van der Waals surface area contributed by atoms with Gasteiger partial charge in [0, 0.05) is 30.2 Å². The number of amides is 1. The van der Waals surface area contributed by atoms with Gasteiger partial charge in [0.15, 0.2) is 6.10 Å². The molecule has 8 heteroatoms. The second kappa shape index (κ2) is 11.6. The van der Waals surface area contributed by atoms with E-state index in [1.165, 1.54) is 17.0 Å². The van der Waals surface area contributed by atoms with Gasteiger partial charge >= 0.3 is 0 Å². The number of methoxy groups -OCH3 is 1. The summed E-state index contributed by atoms with van der Waals surface area (Å²) in [7, 11) is 1.58. The number of hydrogen-bond donors (Lipinski definition) is 0. The van der Waals surface area contributed by atoms with E-state index >= 15 is 0 Å². The van der Waals surface area contributed by atoms with Crippen LogP contribution in [0.5, 0.6) is 5.75 Å². The molecule has 0 unspecified atom stereocenters. The Bertz CT molecular complexity index is 1190. The molecule has 0 N–H and O–H groups in total. The van der Waals surface area contributed by atoms with Gasteiger partial charge in [0.1, 0.15) is 24.0 Å². The maximum absolute atomic E-state index is 14.4. The van der Waals surface area contributed by atoms with Crippen molar-refractivity contribution in [2.24, 2.45) is 5.16 Å². The van der Waals surface area contributed by atoms with Gasteiger partial charge in [-0.3, -0.25) is 4.79 Å². The number of rotatable bonds is 10. The van der Waals surface area contributed by atoms with Crippen molar-refractivity contribution >= 4 is 11.6 Å². The molecule has 1 heterocycles. The molecule has 0 aliphatic carbocycles. The van der Waals surface area contributed by atoms with Gasteiger partial charge in [0.05, 0.1) is 26.0 Å². The topological polar surface area (TPSA) is 60.4 Å². The summed E-state index contributed by atoms with van der Waals surface area (Å²) < 4.78 is 38.7. The highest BCUT2D eigenvalue weighted by Crippen LogP contribution is 2.25. The van der Waals surface area contributed by atoms with Crippen LogP contribution in [0.25, 0.3) is 0 Å². The Balaban J connectivity index is 1.43. The number of para-hydroxylation sites is 1. The van der Waals surface area contributed by atoms with Crippen LogP contribution in [0.15, 0.2) is 78.0 Å². The zero-order valence-corrected chi connectivity index (χ0v) is 19.3. The van der Waals surface area contributed by atoms with Crippen molar-refractivity contribution in [3.8, 4) is 5.75 Å². The van der Waals surface area contributed by atoms with Crippen molar-refractivity contribution in [1.82, 2.24) is 4.90 Å². The zero-order valence-electron chi connectivity index (χ0n) is 19.3. The van der Waals surface area contributed by atoms with E-state index in [2.05, 4.69) is 5.16 Å². The molecule has 0 saturated heterocycles. The Morgan fingerprint density at radius 3 is 2.63 bits per heavy atom. The molecule has 1 amide bonds. The third kappa shape index (κ3) is 6.42. The zero-order chi connectivity index (χ0) is 24.6. The Morgan fingerprint density at radius 2 is 1.86 bits per heavy atom. The predicted octanol–water partition coefficient (Wildman–Crippen LogP) is 4.71. The molecule has 0 bridgehead atoms. The van der Waals surface area contributed by atoms with Crippen LogP contribution in [0, 0.1) is 11.6 Å². The molecule has 0 radical (unpaired) electrons. The molecule has 3 aromatic rings. The van der Waals surface area contributed by atoms with Crippen LogP contribution in [0.4, 0.5) is 8.78 Å². The monoisotopic (exact) mass is 480 g/mol. The normalized spacial score (nSPS) is 14.8. The van der Waals surface area contributed by atoms with Gasteiger partial charge in [-0.2, -0.15) is 0 Å². The molecular formula is C27H26F2N2O4. The fourth-order valence-electron chi connectivity index (χ4n) is 3.85. The molecular weight excluding hydrogens is 454 g/mol. The average molecular weight is 481 g/mol. The average Bonchev–Trinajstić information content (AvgIpc) is 3.34. The van der Waals surface area contributed by atoms with Crippen molar-refractivity contribution < 1.29 is 27.9 Å². The molecule has 182 valence electrons. The summed E-state index contributed by atoms with van der Waals surface area (Å²) in [6.45, 7) is 0.187. The molecule has 6 nitrogen and oxygen atoms in total. The van der Waals surface area contributed by atoms with E-state index < -0.39 is 17.7 Å². The number of ether oxygens (including phenoxy) is 2. The standard InChI is InChI=1S/C27H26F2N2O4/c1-33-26-10-6-5-9-23(26)25-14-22(35-30-25)16-31(15-20-11-12-21(28)13-24(20)29)27(32)18-34-17-19-7-3-2-4-8-19/h2-13,22H,14-18H2,1H3/t22-/m0/s1. The number of benzene rings is 3. The van der Waals surface area contributed by atoms with Crippen LogP contribution >= 0.6 is 0 Å². The lowest BCUT2D eigenvalue weighted by Crippen LogP contribution is -2.39. The number of nitrogens with zero attached hydrogens (tertiary/aromatic N) is 2. The smallest absolute Gasteiger partial charge is 0.249 e. The van der Waals surface area contributed by atoms with Gasteiger partial charge in [-0.1, -0.05) is 53.7 Å². The van der Waals surface area contributed by atoms with E-state index in [9.17, 15) is 13.6 Å². The maximum Gasteiger partial charge on any atom is 0.249 e. The quantitative estimate of drug-likeness (QED) is 0.422. The summed E-state index contributed by atoms with van der Waals surface area (Å²) in [6.07, 6.45) is 0.0116. The van der Waals surface area contributed by atoms with Gasteiger partial charge in [0.2, 0.25) is 5.91 Å². The van der Waals surface area contributed by atoms with Crippen LogP contribution in [0.3, 0.4) is 0 Å². The van der Waals surface area contributed by atoms with Crippen LogP contribution in [0.2, 0.25) is 0 Å². The van der Waals surface area contributed by atoms with E-state index in [1.54, 1.807) is 7.11 Å². The van der Waals surface area contributed by atoms with E-state index in [-0.39, 0.29) is 37.8 Å². The minimum absolute atomic E-state index is 0.0521. The van der Waals surface area contributed by atoms with Crippen LogP contribution in [-0.2, 0) is 27.5 Å². The summed E-state index contributed by atoms with van der Waals surface area (Å²) in [5.41, 5.74) is 2.65. The van der Waals surface area contributed by atoms with Gasteiger partial charge in [-0.25, -0.2) is 8.78 Å². The lowest BCUT2D eigenvalue weighted by atomic mass is 10.0. The van der Waals surface area contributed by atoms with Crippen molar-refractivity contribution in [1.29, 1.82) is 0 Å². The lowest BCUT2D eigenvalue weighted by molar-refractivity contribution is -0.139. The molecule has 0 fully saturated rings. The van der Waals surface area contributed by atoms with Crippen LogP contribution in [0.1, 0.15) is 23.1 Å². The van der Waals surface area contributed by atoms with E-state index in [0.29, 0.717) is 17.9 Å². The number of oxime groups is 1. The minimum Gasteiger partial charge on any atom is -0.496 e. The van der Waals surface area contributed by atoms with Gasteiger partial charge in [-0.05, 0) is 23.8 Å². The van der Waals surface area contributed by atoms with E-state index in [0.717, 1.165) is 17.2 Å². The molecule has 1 atom stereocenters. The molecule has 0 saturated carbocycles. The summed E-state index contributed by atoms with van der Waals surface area (Å²) in [5, 5.41) is 4.19. The summed E-state index contributed by atoms with van der Waals surface area (Å²) >= 11 is 0. The fourth-order valence-corrected chi connectivity index (χ4v) is 3.85. The lowest BCUT2D eigenvalue weighted by Gasteiger charge is -2.25. The van der Waals surface area contributed by atoms with E-state index in [1.807, 2.05) is 54.6 Å². The first-order valence-electron chi connectivity index (χ1n) is 11.2. The Labute approximate surface area is 202 Å². The Morgan fingerprint density at radius 1 is 1.09 bits per heavy atom. The Hall–Kier alpha value is -3.78. The second-order valence-corrected chi connectivity index (χ2v) is 8.16. The highest BCUT2D eigenvalue weighted by Gasteiger charge is 2.28. The molecule has 0 aromatic heterocycles. The summed E-state index contributed by atoms with van der Waals surface area (Å²) in [5.74, 6) is -1.05. The summed E-state index contributed by atoms with van der Waals surface area (Å²) in [4.78, 5) is 20.1. The van der Waals surface area contributed by atoms with E-state index in [4.69, 9.17) is 14.3 Å². The molecule has 1 aliphatic heterocycles. The van der Waals surface area contributed by atoms with Crippen molar-refractivity contribution in [3.05, 3.63) is 101 Å². The molecule has 1 aliphatic rings. The maximum atomic E-state index is 14.4. The second-order valence-electron chi connectivity index (χ2n) is 8.16. The van der Waals surface area contributed by atoms with Gasteiger partial charge in [0.25, 0.3) is 0 Å². The highest BCUT2D eigenvalue weighted by molar-refractivity contribution is 6.03. The van der Waals surface area contributed by atoms with Gasteiger partial charge in [-0.15, -0.1) is 0 Å². The predicted molar refractivity (Wildman–Crippen MR) is 127 cm³/mol. The molecule has 3 aromatic carbocycles. The molecule has 4 rings (SSSR count). The Kier molecular flexibility index (Phi) is 8.05. The van der Waals surface area contributed by atoms with Crippen LogP contribution < -0.4 is 4.74 Å². The first kappa shape index (κ1) is 24.3.